The molecule has 3 aromatic carbocycles. The number of azo groups is 1. The van der Waals surface area contributed by atoms with E-state index in [1.807, 2.05) is 43.3 Å². The minimum Gasteiger partial charge on any atom is -0.452 e. The van der Waals surface area contributed by atoms with E-state index in [1.165, 1.54) is 0 Å². The summed E-state index contributed by atoms with van der Waals surface area (Å²) < 4.78 is 6.75. The van der Waals surface area contributed by atoms with E-state index in [-0.39, 0.29) is 5.56 Å². The first kappa shape index (κ1) is 23.6. The number of carbonyl (C=O) groups is 2. The highest BCUT2D eigenvalue weighted by Crippen LogP contribution is 2.27. The number of ether oxygens (including phenoxy) is 1. The van der Waals surface area contributed by atoms with Gasteiger partial charge in [-0.3, -0.25) is 4.79 Å². The predicted molar refractivity (Wildman–Crippen MR) is 132 cm³/mol. The summed E-state index contributed by atoms with van der Waals surface area (Å²) in [5.74, 6) is -1.12. The van der Waals surface area contributed by atoms with Crippen molar-refractivity contribution in [1.82, 2.24) is 0 Å². The maximum Gasteiger partial charge on any atom is 0.340 e. The molecule has 0 aliphatic rings. The third kappa shape index (κ3) is 6.48. The number of halogens is 2. The van der Waals surface area contributed by atoms with E-state index in [4.69, 9.17) is 4.74 Å². The van der Waals surface area contributed by atoms with Gasteiger partial charge in [0.25, 0.3) is 5.91 Å². The van der Waals surface area contributed by atoms with Crippen LogP contribution in [-0.4, -0.2) is 32.6 Å². The second-order valence-electron chi connectivity index (χ2n) is 6.88. The Labute approximate surface area is 202 Å². The monoisotopic (exact) mass is 558 g/mol. The van der Waals surface area contributed by atoms with E-state index in [1.54, 1.807) is 42.5 Å². The summed E-state index contributed by atoms with van der Waals surface area (Å²) in [5.41, 5.74) is 2.84. The molecule has 1 N–H and O–H groups in total. The van der Waals surface area contributed by atoms with Gasteiger partial charge in [-0.25, -0.2) is 4.79 Å². The number of rotatable bonds is 7. The van der Waals surface area contributed by atoms with Gasteiger partial charge in [-0.2, -0.15) is 5.11 Å². The zero-order valence-corrected chi connectivity index (χ0v) is 20.6. The molecule has 0 aromatic heterocycles. The molecule has 1 amide bonds. The lowest BCUT2D eigenvalue weighted by atomic mass is 10.2. The van der Waals surface area contributed by atoms with Gasteiger partial charge in [0.2, 0.25) is 0 Å². The van der Waals surface area contributed by atoms with Gasteiger partial charge in [0.15, 0.2) is 6.61 Å². The van der Waals surface area contributed by atoms with Crippen molar-refractivity contribution in [3.63, 3.8) is 0 Å². The van der Waals surface area contributed by atoms with E-state index >= 15 is 0 Å². The molecule has 0 aliphatic heterocycles. The fourth-order valence-electron chi connectivity index (χ4n) is 2.65. The standard InChI is InChI=1S/C23H20Br2N4O3/c1-29(2)17-10-8-16(9-11-17)27-28-20-6-4-3-5-18(20)23(31)32-14-22(30)26-21-12-7-15(24)13-19(21)25/h3-13H,14H2,1-2H3,(H,26,30). The van der Waals surface area contributed by atoms with Crippen molar-refractivity contribution >= 4 is 66.5 Å². The Kier molecular flexibility index (Phi) is 8.13. The minimum atomic E-state index is -0.660. The summed E-state index contributed by atoms with van der Waals surface area (Å²) in [5, 5.41) is 11.1. The smallest absolute Gasteiger partial charge is 0.340 e. The van der Waals surface area contributed by atoms with Gasteiger partial charge >= 0.3 is 5.97 Å². The van der Waals surface area contributed by atoms with Gasteiger partial charge in [-0.05, 0) is 70.5 Å². The molecule has 7 nitrogen and oxygen atoms in total. The molecule has 0 saturated heterocycles. The largest absolute Gasteiger partial charge is 0.452 e. The number of hydrogen-bond acceptors (Lipinski definition) is 6. The highest BCUT2D eigenvalue weighted by atomic mass is 79.9. The Morgan fingerprint density at radius 1 is 0.969 bits per heavy atom. The number of amides is 1. The lowest BCUT2D eigenvalue weighted by Crippen LogP contribution is -2.21. The molecule has 164 valence electrons. The third-order valence-corrected chi connectivity index (χ3v) is 5.45. The summed E-state index contributed by atoms with van der Waals surface area (Å²) in [6.45, 7) is -0.432. The minimum absolute atomic E-state index is 0.221. The van der Waals surface area contributed by atoms with Crippen LogP contribution in [0.2, 0.25) is 0 Å². The van der Waals surface area contributed by atoms with E-state index < -0.39 is 18.5 Å². The Morgan fingerprint density at radius 3 is 2.38 bits per heavy atom. The van der Waals surface area contributed by atoms with Crippen LogP contribution in [0, 0.1) is 0 Å². The molecule has 0 spiro atoms. The predicted octanol–water partition coefficient (Wildman–Crippen LogP) is 6.49. The first-order chi connectivity index (χ1) is 15.3. The SMILES string of the molecule is CN(C)c1ccc(N=Nc2ccccc2C(=O)OCC(=O)Nc2ccc(Br)cc2Br)cc1. The molecule has 9 heteroatoms. The average Bonchev–Trinajstić information content (AvgIpc) is 2.78. The van der Waals surface area contributed by atoms with Crippen molar-refractivity contribution in [1.29, 1.82) is 0 Å². The molecule has 0 heterocycles. The number of carbonyl (C=O) groups excluding carboxylic acids is 2. The molecule has 0 fully saturated rings. The molecule has 0 saturated carbocycles. The highest BCUT2D eigenvalue weighted by molar-refractivity contribution is 9.11. The van der Waals surface area contributed by atoms with Gasteiger partial charge in [0.1, 0.15) is 5.69 Å². The Balaban J connectivity index is 1.64. The van der Waals surface area contributed by atoms with Gasteiger partial charge in [-0.15, -0.1) is 5.11 Å². The molecule has 0 atom stereocenters. The van der Waals surface area contributed by atoms with Gasteiger partial charge in [-0.1, -0.05) is 28.1 Å². The summed E-state index contributed by atoms with van der Waals surface area (Å²) in [6, 6.07) is 19.5. The molecule has 3 rings (SSSR count). The fraction of sp³-hybridized carbons (Fsp3) is 0.130. The maximum atomic E-state index is 12.5. The number of esters is 1. The van der Waals surface area contributed by atoms with Crippen molar-refractivity contribution in [2.24, 2.45) is 10.2 Å². The average molecular weight is 560 g/mol. The summed E-state index contributed by atoms with van der Waals surface area (Å²) in [4.78, 5) is 26.7. The molecule has 0 aliphatic carbocycles. The van der Waals surface area contributed by atoms with Crippen molar-refractivity contribution in [2.75, 3.05) is 30.9 Å². The van der Waals surface area contributed by atoms with Crippen molar-refractivity contribution < 1.29 is 14.3 Å². The molecule has 0 unspecified atom stereocenters. The van der Waals surface area contributed by atoms with Crippen LogP contribution in [-0.2, 0) is 9.53 Å². The van der Waals surface area contributed by atoms with Crippen LogP contribution in [0.4, 0.5) is 22.7 Å². The van der Waals surface area contributed by atoms with Crippen LogP contribution in [0.25, 0.3) is 0 Å². The first-order valence-electron chi connectivity index (χ1n) is 9.53. The zero-order chi connectivity index (χ0) is 23.1. The van der Waals surface area contributed by atoms with Crippen LogP contribution in [0.15, 0.2) is 85.9 Å². The lowest BCUT2D eigenvalue weighted by Gasteiger charge is -2.11. The Hall–Kier alpha value is -3.04. The van der Waals surface area contributed by atoms with Crippen LogP contribution < -0.4 is 10.2 Å². The van der Waals surface area contributed by atoms with E-state index in [0.29, 0.717) is 21.5 Å². The highest BCUT2D eigenvalue weighted by Gasteiger charge is 2.15. The van der Waals surface area contributed by atoms with Gasteiger partial charge < -0.3 is 15.0 Å². The quantitative estimate of drug-likeness (QED) is 0.265. The maximum absolute atomic E-state index is 12.5. The Bertz CT molecular complexity index is 1150. The van der Waals surface area contributed by atoms with E-state index in [2.05, 4.69) is 47.4 Å². The molecule has 32 heavy (non-hydrogen) atoms. The van der Waals surface area contributed by atoms with Crippen LogP contribution >= 0.6 is 31.9 Å². The summed E-state index contributed by atoms with van der Waals surface area (Å²) in [6.07, 6.45) is 0. The van der Waals surface area contributed by atoms with E-state index in [9.17, 15) is 9.59 Å². The Morgan fingerprint density at radius 2 is 1.69 bits per heavy atom. The van der Waals surface area contributed by atoms with Crippen LogP contribution in [0.1, 0.15) is 10.4 Å². The summed E-state index contributed by atoms with van der Waals surface area (Å²) >= 11 is 6.72. The zero-order valence-electron chi connectivity index (χ0n) is 17.4. The second kappa shape index (κ2) is 11.0. The molecular formula is C23H20Br2N4O3. The first-order valence-corrected chi connectivity index (χ1v) is 11.1. The van der Waals surface area contributed by atoms with Crippen molar-refractivity contribution in [3.05, 3.63) is 81.2 Å². The van der Waals surface area contributed by atoms with Crippen molar-refractivity contribution in [3.8, 4) is 0 Å². The number of benzene rings is 3. The van der Waals surface area contributed by atoms with Gasteiger partial charge in [0, 0.05) is 28.7 Å². The topological polar surface area (TPSA) is 83.4 Å². The summed E-state index contributed by atoms with van der Waals surface area (Å²) in [7, 11) is 3.91. The second-order valence-corrected chi connectivity index (χ2v) is 8.65. The third-order valence-electron chi connectivity index (χ3n) is 4.30. The van der Waals surface area contributed by atoms with Crippen LogP contribution in [0.3, 0.4) is 0 Å². The lowest BCUT2D eigenvalue weighted by molar-refractivity contribution is -0.119. The molecular weight excluding hydrogens is 540 g/mol. The number of anilines is 2. The molecule has 0 radical (unpaired) electrons. The van der Waals surface area contributed by atoms with Crippen LogP contribution in [0.5, 0.6) is 0 Å². The number of nitrogens with zero attached hydrogens (tertiary/aromatic N) is 3. The number of nitrogens with one attached hydrogen (secondary N) is 1. The van der Waals surface area contributed by atoms with E-state index in [0.717, 1.165) is 10.2 Å². The molecule has 3 aromatic rings. The van der Waals surface area contributed by atoms with Crippen molar-refractivity contribution in [2.45, 2.75) is 0 Å². The number of hydrogen-bond donors (Lipinski definition) is 1. The molecule has 0 bridgehead atoms. The normalized spacial score (nSPS) is 10.8. The van der Waals surface area contributed by atoms with Gasteiger partial charge in [0.05, 0.1) is 16.9 Å². The fourth-order valence-corrected chi connectivity index (χ4v) is 3.79.